The summed E-state index contributed by atoms with van der Waals surface area (Å²) in [5.74, 6) is 0.464. The summed E-state index contributed by atoms with van der Waals surface area (Å²) in [4.78, 5) is 16.4. The van der Waals surface area contributed by atoms with Crippen molar-refractivity contribution < 1.29 is 13.2 Å². The van der Waals surface area contributed by atoms with Crippen molar-refractivity contribution in [3.8, 4) is 17.6 Å². The molecule has 0 bridgehead atoms. The minimum Gasteiger partial charge on any atom is -0.456 e. The number of anilines is 1. The molecule has 0 saturated carbocycles. The van der Waals surface area contributed by atoms with Gasteiger partial charge in [0.25, 0.3) is 5.56 Å². The number of hydrogen-bond donors (Lipinski definition) is 1. The van der Waals surface area contributed by atoms with Gasteiger partial charge in [0.2, 0.25) is 10.0 Å². The highest BCUT2D eigenvalue weighted by molar-refractivity contribution is 7.92. The van der Waals surface area contributed by atoms with Crippen LogP contribution >= 0.6 is 0 Å². The maximum atomic E-state index is 12.3. The Hall–Kier alpha value is -3.38. The Morgan fingerprint density at radius 3 is 2.79 bits per heavy atom. The lowest BCUT2D eigenvalue weighted by atomic mass is 10.2. The van der Waals surface area contributed by atoms with Gasteiger partial charge >= 0.3 is 0 Å². The topological polar surface area (TPSA) is 114 Å². The van der Waals surface area contributed by atoms with Gasteiger partial charge in [-0.1, -0.05) is 13.0 Å². The number of nitrogens with one attached hydrogen (secondary N) is 1. The molecule has 0 amide bonds. The van der Waals surface area contributed by atoms with Crippen LogP contribution in [0.5, 0.6) is 11.5 Å². The smallest absolute Gasteiger partial charge is 0.261 e. The van der Waals surface area contributed by atoms with Crippen LogP contribution in [-0.2, 0) is 17.1 Å². The van der Waals surface area contributed by atoms with E-state index < -0.39 is 10.0 Å². The van der Waals surface area contributed by atoms with E-state index >= 15 is 0 Å². The Morgan fingerprint density at radius 1 is 1.29 bits per heavy atom. The maximum Gasteiger partial charge on any atom is 0.261 e. The number of nitriles is 1. The predicted molar refractivity (Wildman–Crippen MR) is 106 cm³/mol. The molecule has 0 aliphatic rings. The molecule has 0 unspecified atom stereocenters. The second-order valence-corrected chi connectivity index (χ2v) is 7.99. The molecule has 0 saturated heterocycles. The second-order valence-electron chi connectivity index (χ2n) is 6.15. The molecule has 0 atom stereocenters. The van der Waals surface area contributed by atoms with Crippen molar-refractivity contribution in [2.24, 2.45) is 7.05 Å². The minimum absolute atomic E-state index is 0.0517. The van der Waals surface area contributed by atoms with E-state index in [1.165, 1.54) is 17.0 Å². The fourth-order valence-corrected chi connectivity index (χ4v) is 3.83. The van der Waals surface area contributed by atoms with E-state index in [1.807, 2.05) is 6.07 Å². The van der Waals surface area contributed by atoms with Gasteiger partial charge < -0.3 is 9.30 Å². The number of benzene rings is 2. The Balaban J connectivity index is 2.00. The predicted octanol–water partition coefficient (Wildman–Crippen LogP) is 2.75. The first kappa shape index (κ1) is 19.4. The van der Waals surface area contributed by atoms with Crippen LogP contribution in [-0.4, -0.2) is 23.7 Å². The molecule has 144 valence electrons. The Morgan fingerprint density at radius 2 is 2.07 bits per heavy atom. The van der Waals surface area contributed by atoms with Gasteiger partial charge in [-0.05, 0) is 36.8 Å². The third kappa shape index (κ3) is 3.97. The first-order chi connectivity index (χ1) is 13.3. The average molecular weight is 398 g/mol. The zero-order valence-electron chi connectivity index (χ0n) is 15.3. The van der Waals surface area contributed by atoms with Crippen LogP contribution < -0.4 is 15.0 Å². The number of nitrogens with zero attached hydrogens (tertiary/aromatic N) is 3. The summed E-state index contributed by atoms with van der Waals surface area (Å²) in [6.07, 6.45) is 1.89. The molecule has 2 aromatic carbocycles. The lowest BCUT2D eigenvalue weighted by molar-refractivity contribution is 0.482. The van der Waals surface area contributed by atoms with Crippen molar-refractivity contribution in [2.75, 3.05) is 10.5 Å². The number of rotatable bonds is 6. The molecule has 28 heavy (non-hydrogen) atoms. The van der Waals surface area contributed by atoms with Crippen molar-refractivity contribution in [1.82, 2.24) is 9.55 Å². The molecule has 8 nitrogen and oxygen atoms in total. The number of sulfonamides is 1. The molecule has 0 spiro atoms. The van der Waals surface area contributed by atoms with E-state index in [1.54, 1.807) is 44.3 Å². The SMILES string of the molecule is CCCS(=O)(=O)Nc1cccc(Oc2ccc3ncn(C)c(=O)c3c2)c1C#N. The number of hydrogen-bond acceptors (Lipinski definition) is 6. The summed E-state index contributed by atoms with van der Waals surface area (Å²) < 4.78 is 33.7. The highest BCUT2D eigenvalue weighted by atomic mass is 32.2. The molecule has 0 aliphatic heterocycles. The molecule has 3 rings (SSSR count). The van der Waals surface area contributed by atoms with Crippen LogP contribution in [0.3, 0.4) is 0 Å². The van der Waals surface area contributed by atoms with E-state index in [0.29, 0.717) is 23.1 Å². The summed E-state index contributed by atoms with van der Waals surface area (Å²) in [7, 11) is -1.96. The highest BCUT2D eigenvalue weighted by Crippen LogP contribution is 2.31. The molecular formula is C19H18N4O4S. The van der Waals surface area contributed by atoms with E-state index in [2.05, 4.69) is 9.71 Å². The molecule has 1 N–H and O–H groups in total. The lowest BCUT2D eigenvalue weighted by Crippen LogP contribution is -2.17. The third-order valence-electron chi connectivity index (χ3n) is 3.99. The van der Waals surface area contributed by atoms with Gasteiger partial charge in [-0.15, -0.1) is 0 Å². The molecular weight excluding hydrogens is 380 g/mol. The van der Waals surface area contributed by atoms with Gasteiger partial charge in [0, 0.05) is 7.05 Å². The van der Waals surface area contributed by atoms with Crippen LogP contribution in [0.1, 0.15) is 18.9 Å². The molecule has 9 heteroatoms. The quantitative estimate of drug-likeness (QED) is 0.683. The molecule has 0 radical (unpaired) electrons. The number of aromatic nitrogens is 2. The third-order valence-corrected chi connectivity index (χ3v) is 5.47. The molecule has 3 aromatic rings. The zero-order valence-corrected chi connectivity index (χ0v) is 16.2. The first-order valence-corrected chi connectivity index (χ1v) is 10.2. The maximum absolute atomic E-state index is 12.3. The number of fused-ring (bicyclic) bond motifs is 1. The van der Waals surface area contributed by atoms with Crippen LogP contribution in [0.15, 0.2) is 47.5 Å². The van der Waals surface area contributed by atoms with E-state index in [-0.39, 0.29) is 28.3 Å². The fourth-order valence-electron chi connectivity index (χ4n) is 2.68. The summed E-state index contributed by atoms with van der Waals surface area (Å²) in [5, 5.41) is 9.90. The zero-order chi connectivity index (χ0) is 20.3. The van der Waals surface area contributed by atoms with Crippen LogP contribution in [0.2, 0.25) is 0 Å². The molecule has 1 aromatic heterocycles. The Bertz CT molecular complexity index is 1240. The van der Waals surface area contributed by atoms with Crippen molar-refractivity contribution in [2.45, 2.75) is 13.3 Å². The van der Waals surface area contributed by atoms with Crippen molar-refractivity contribution in [3.05, 3.63) is 58.6 Å². The molecule has 0 aliphatic carbocycles. The average Bonchev–Trinajstić information content (AvgIpc) is 2.65. The van der Waals surface area contributed by atoms with E-state index in [9.17, 15) is 18.5 Å². The largest absolute Gasteiger partial charge is 0.456 e. The molecule has 1 heterocycles. The fraction of sp³-hybridized carbons (Fsp3) is 0.211. The summed E-state index contributed by atoms with van der Waals surface area (Å²) in [6, 6.07) is 11.4. The van der Waals surface area contributed by atoms with Gasteiger partial charge in [0.1, 0.15) is 23.1 Å². The van der Waals surface area contributed by atoms with Gasteiger partial charge in [0.05, 0.1) is 28.7 Å². The Labute approximate surface area is 162 Å². The first-order valence-electron chi connectivity index (χ1n) is 8.51. The van der Waals surface area contributed by atoms with E-state index in [0.717, 1.165) is 0 Å². The van der Waals surface area contributed by atoms with Crippen molar-refractivity contribution in [3.63, 3.8) is 0 Å². The summed E-state index contributed by atoms with van der Waals surface area (Å²) >= 11 is 0. The van der Waals surface area contributed by atoms with Crippen LogP contribution in [0.4, 0.5) is 5.69 Å². The van der Waals surface area contributed by atoms with Crippen molar-refractivity contribution >= 4 is 26.6 Å². The second kappa shape index (κ2) is 7.70. The monoisotopic (exact) mass is 398 g/mol. The Kier molecular flexibility index (Phi) is 5.33. The lowest BCUT2D eigenvalue weighted by Gasteiger charge is -2.13. The van der Waals surface area contributed by atoms with Gasteiger partial charge in [0.15, 0.2) is 0 Å². The van der Waals surface area contributed by atoms with Gasteiger partial charge in [-0.3, -0.25) is 9.52 Å². The number of aryl methyl sites for hydroxylation is 1. The standard InChI is InChI=1S/C19H18N4O4S/c1-3-9-28(25,26)22-17-5-4-6-18(15(17)11-20)27-13-7-8-16-14(10-13)19(24)23(2)12-21-16/h4-8,10,12,22H,3,9H2,1-2H3. The summed E-state index contributed by atoms with van der Waals surface area (Å²) in [5.41, 5.74) is 0.502. The van der Waals surface area contributed by atoms with Gasteiger partial charge in [-0.25, -0.2) is 13.4 Å². The van der Waals surface area contributed by atoms with Crippen LogP contribution in [0.25, 0.3) is 10.9 Å². The highest BCUT2D eigenvalue weighted by Gasteiger charge is 2.16. The molecule has 0 fully saturated rings. The van der Waals surface area contributed by atoms with Crippen molar-refractivity contribution in [1.29, 1.82) is 5.26 Å². The normalized spacial score (nSPS) is 11.2. The number of ether oxygens (including phenoxy) is 1. The van der Waals surface area contributed by atoms with E-state index in [4.69, 9.17) is 4.74 Å². The summed E-state index contributed by atoms with van der Waals surface area (Å²) in [6.45, 7) is 1.75. The minimum atomic E-state index is -3.56. The van der Waals surface area contributed by atoms with Gasteiger partial charge in [-0.2, -0.15) is 5.26 Å². The van der Waals surface area contributed by atoms with Crippen LogP contribution in [0, 0.1) is 11.3 Å².